The zero-order valence-corrected chi connectivity index (χ0v) is 15.5. The summed E-state index contributed by atoms with van der Waals surface area (Å²) in [6.45, 7) is 3.99. The lowest BCUT2D eigenvalue weighted by Gasteiger charge is -2.38. The number of ketones is 1. The van der Waals surface area contributed by atoms with Crippen molar-refractivity contribution in [2.75, 3.05) is 26.2 Å². The summed E-state index contributed by atoms with van der Waals surface area (Å²) in [6.07, 6.45) is 2.18. The van der Waals surface area contributed by atoms with Crippen LogP contribution in [0.25, 0.3) is 0 Å². The molecule has 2 heterocycles. The number of hydrogen-bond donors (Lipinski definition) is 0. The Labute approximate surface area is 158 Å². The maximum Gasteiger partial charge on any atom is 0.226 e. The van der Waals surface area contributed by atoms with E-state index in [1.54, 1.807) is 11.8 Å². The third-order valence-corrected chi connectivity index (χ3v) is 6.96. The summed E-state index contributed by atoms with van der Waals surface area (Å²) < 4.78 is 6.38. The quantitative estimate of drug-likeness (QED) is 0.757. The molecule has 0 N–H and O–H groups in total. The van der Waals surface area contributed by atoms with Gasteiger partial charge in [-0.1, -0.05) is 12.1 Å². The lowest BCUT2D eigenvalue weighted by Crippen LogP contribution is -2.51. The SMILES string of the molecule is CC(=O)N1CCN(C(=O)[C@H]2[C@@H]3CC[C@@]4(CC(=O)c5ccccc5O4)[C@@H]32)CC1. The fraction of sp³-hybridized carbons (Fsp3) is 0.571. The Balaban J connectivity index is 1.31. The molecule has 0 radical (unpaired) electrons. The normalized spacial score (nSPS) is 34.1. The molecule has 142 valence electrons. The lowest BCUT2D eigenvalue weighted by molar-refractivity contribution is -0.140. The molecule has 5 rings (SSSR count). The van der Waals surface area contributed by atoms with E-state index < -0.39 is 5.60 Å². The second-order valence-electron chi connectivity index (χ2n) is 8.35. The topological polar surface area (TPSA) is 66.9 Å². The third-order valence-electron chi connectivity index (χ3n) is 6.96. The highest BCUT2D eigenvalue weighted by Gasteiger charge is 2.71. The molecule has 0 aromatic heterocycles. The first-order valence-electron chi connectivity index (χ1n) is 9.86. The van der Waals surface area contributed by atoms with Crippen LogP contribution in [0.4, 0.5) is 0 Å². The summed E-state index contributed by atoms with van der Waals surface area (Å²) >= 11 is 0. The Hall–Kier alpha value is -2.37. The molecule has 6 heteroatoms. The second kappa shape index (κ2) is 5.81. The van der Waals surface area contributed by atoms with Crippen LogP contribution in [0.3, 0.4) is 0 Å². The number of benzene rings is 1. The summed E-state index contributed by atoms with van der Waals surface area (Å²) in [5.74, 6) is 1.50. The molecule has 1 aromatic carbocycles. The predicted molar refractivity (Wildman–Crippen MR) is 97.3 cm³/mol. The fourth-order valence-electron chi connectivity index (χ4n) is 5.55. The molecule has 1 spiro atoms. The van der Waals surface area contributed by atoms with Crippen molar-refractivity contribution in [2.24, 2.45) is 17.8 Å². The Morgan fingerprint density at radius 1 is 1.11 bits per heavy atom. The number of piperazine rings is 1. The van der Waals surface area contributed by atoms with E-state index in [0.717, 1.165) is 12.8 Å². The van der Waals surface area contributed by atoms with Crippen LogP contribution >= 0.6 is 0 Å². The Morgan fingerprint density at radius 2 is 1.81 bits per heavy atom. The molecular weight excluding hydrogens is 344 g/mol. The molecule has 0 unspecified atom stereocenters. The highest BCUT2D eigenvalue weighted by molar-refractivity contribution is 6.00. The van der Waals surface area contributed by atoms with Crippen LogP contribution in [0.5, 0.6) is 5.75 Å². The van der Waals surface area contributed by atoms with Crippen LogP contribution < -0.4 is 4.74 Å². The summed E-state index contributed by atoms with van der Waals surface area (Å²) in [5.41, 5.74) is 0.160. The zero-order valence-electron chi connectivity index (χ0n) is 15.5. The van der Waals surface area contributed by atoms with Gasteiger partial charge in [0.05, 0.1) is 12.0 Å². The first-order chi connectivity index (χ1) is 13.0. The number of hydrogen-bond acceptors (Lipinski definition) is 4. The van der Waals surface area contributed by atoms with Crippen LogP contribution in [0.15, 0.2) is 24.3 Å². The van der Waals surface area contributed by atoms with E-state index in [1.807, 2.05) is 29.2 Å². The smallest absolute Gasteiger partial charge is 0.226 e. The minimum absolute atomic E-state index is 0.0271. The molecule has 2 amide bonds. The average Bonchev–Trinajstić information content (AvgIpc) is 3.32. The van der Waals surface area contributed by atoms with E-state index in [-0.39, 0.29) is 29.4 Å². The number of nitrogens with zero attached hydrogens (tertiary/aromatic N) is 2. The van der Waals surface area contributed by atoms with Crippen LogP contribution in [0.2, 0.25) is 0 Å². The molecule has 2 aliphatic heterocycles. The van der Waals surface area contributed by atoms with Crippen molar-refractivity contribution >= 4 is 17.6 Å². The second-order valence-corrected chi connectivity index (χ2v) is 8.35. The molecule has 6 nitrogen and oxygen atoms in total. The first kappa shape index (κ1) is 16.8. The summed E-state index contributed by atoms with van der Waals surface area (Å²) in [6, 6.07) is 7.43. The van der Waals surface area contributed by atoms with E-state index in [2.05, 4.69) is 0 Å². The average molecular weight is 368 g/mol. The van der Waals surface area contributed by atoms with Gasteiger partial charge in [0.1, 0.15) is 11.4 Å². The van der Waals surface area contributed by atoms with Gasteiger partial charge in [0, 0.05) is 44.9 Å². The Bertz CT molecular complexity index is 829. The Morgan fingerprint density at radius 3 is 2.56 bits per heavy atom. The summed E-state index contributed by atoms with van der Waals surface area (Å²) in [4.78, 5) is 40.9. The molecule has 0 bridgehead atoms. The number of fused-ring (bicyclic) bond motifs is 3. The molecule has 2 saturated carbocycles. The number of Topliss-reactive ketones (excluding diaryl/α,β-unsaturated/α-hetero) is 1. The molecule has 3 fully saturated rings. The van der Waals surface area contributed by atoms with Crippen molar-refractivity contribution in [3.05, 3.63) is 29.8 Å². The standard InChI is InChI=1S/C21H24N2O4/c1-13(24)22-8-10-23(11-9-22)20(26)18-15-6-7-21(19(15)18)12-16(25)14-4-2-3-5-17(14)27-21/h2-5,15,18-19H,6-12H2,1H3/t15-,18-,19-,21+/m0/s1. The molecular formula is C21H24N2O4. The molecule has 4 aliphatic rings. The van der Waals surface area contributed by atoms with Crippen LogP contribution in [0, 0.1) is 17.8 Å². The Kier molecular flexibility index (Phi) is 3.61. The van der Waals surface area contributed by atoms with Gasteiger partial charge in [-0.05, 0) is 30.9 Å². The van der Waals surface area contributed by atoms with Gasteiger partial charge >= 0.3 is 0 Å². The molecule has 27 heavy (non-hydrogen) atoms. The van der Waals surface area contributed by atoms with E-state index >= 15 is 0 Å². The summed E-state index contributed by atoms with van der Waals surface area (Å²) in [7, 11) is 0. The fourth-order valence-corrected chi connectivity index (χ4v) is 5.55. The van der Waals surface area contributed by atoms with Crippen molar-refractivity contribution in [1.29, 1.82) is 0 Å². The molecule has 4 atom stereocenters. The van der Waals surface area contributed by atoms with Crippen molar-refractivity contribution < 1.29 is 19.1 Å². The minimum Gasteiger partial charge on any atom is -0.486 e. The minimum atomic E-state index is -0.502. The monoisotopic (exact) mass is 368 g/mol. The third kappa shape index (κ3) is 2.49. The molecule has 1 aromatic rings. The predicted octanol–water partition coefficient (Wildman–Crippen LogP) is 1.74. The van der Waals surface area contributed by atoms with Crippen molar-refractivity contribution in [1.82, 2.24) is 9.80 Å². The first-order valence-corrected chi connectivity index (χ1v) is 9.86. The summed E-state index contributed by atoms with van der Waals surface area (Å²) in [5, 5.41) is 0. The maximum absolute atomic E-state index is 13.1. The van der Waals surface area contributed by atoms with Crippen molar-refractivity contribution in [3.63, 3.8) is 0 Å². The van der Waals surface area contributed by atoms with Crippen molar-refractivity contribution in [3.8, 4) is 5.75 Å². The molecule has 1 saturated heterocycles. The van der Waals surface area contributed by atoms with Gasteiger partial charge < -0.3 is 14.5 Å². The number of ether oxygens (including phenoxy) is 1. The van der Waals surface area contributed by atoms with Gasteiger partial charge in [-0.15, -0.1) is 0 Å². The number of rotatable bonds is 1. The number of carbonyl (C=O) groups excluding carboxylic acids is 3. The van der Waals surface area contributed by atoms with Crippen LogP contribution in [0.1, 0.15) is 36.5 Å². The highest BCUT2D eigenvalue weighted by Crippen LogP contribution is 2.66. The maximum atomic E-state index is 13.1. The van der Waals surface area contributed by atoms with Crippen LogP contribution in [-0.4, -0.2) is 59.2 Å². The van der Waals surface area contributed by atoms with E-state index in [1.165, 1.54) is 0 Å². The van der Waals surface area contributed by atoms with E-state index in [0.29, 0.717) is 49.8 Å². The number of carbonyl (C=O) groups is 3. The van der Waals surface area contributed by atoms with Crippen LogP contribution in [-0.2, 0) is 9.59 Å². The van der Waals surface area contributed by atoms with E-state index in [4.69, 9.17) is 4.74 Å². The van der Waals surface area contributed by atoms with Gasteiger partial charge in [-0.2, -0.15) is 0 Å². The van der Waals surface area contributed by atoms with E-state index in [9.17, 15) is 14.4 Å². The number of para-hydroxylation sites is 1. The lowest BCUT2D eigenvalue weighted by atomic mass is 9.84. The number of amides is 2. The van der Waals surface area contributed by atoms with Gasteiger partial charge in [0.25, 0.3) is 0 Å². The van der Waals surface area contributed by atoms with Gasteiger partial charge in [-0.25, -0.2) is 0 Å². The van der Waals surface area contributed by atoms with Gasteiger partial charge in [0.2, 0.25) is 11.8 Å². The molecule has 2 aliphatic carbocycles. The largest absolute Gasteiger partial charge is 0.486 e. The highest BCUT2D eigenvalue weighted by atomic mass is 16.5. The van der Waals surface area contributed by atoms with Crippen molar-refractivity contribution in [2.45, 2.75) is 31.8 Å². The zero-order chi connectivity index (χ0) is 18.8. The van der Waals surface area contributed by atoms with Gasteiger partial charge in [0.15, 0.2) is 5.78 Å². The van der Waals surface area contributed by atoms with Gasteiger partial charge in [-0.3, -0.25) is 14.4 Å².